The van der Waals surface area contributed by atoms with Crippen molar-refractivity contribution in [2.45, 2.75) is 32.8 Å². The van der Waals surface area contributed by atoms with Crippen LogP contribution in [0.4, 0.5) is 0 Å². The predicted octanol–water partition coefficient (Wildman–Crippen LogP) is 2.74. The zero-order valence-corrected chi connectivity index (χ0v) is 13.5. The highest BCUT2D eigenvalue weighted by atomic mass is 79.9. The molecule has 1 N–H and O–H groups in total. The molecule has 110 valence electrons. The van der Waals surface area contributed by atoms with Crippen molar-refractivity contribution in [3.05, 3.63) is 27.7 Å². The Bertz CT molecular complexity index is 461. The molecule has 0 aromatic heterocycles. The minimum absolute atomic E-state index is 0.0377. The summed E-state index contributed by atoms with van der Waals surface area (Å²) in [7, 11) is 0. The predicted molar refractivity (Wildman–Crippen MR) is 81.1 cm³/mol. The van der Waals surface area contributed by atoms with E-state index in [0.29, 0.717) is 6.54 Å². The van der Waals surface area contributed by atoms with Crippen LogP contribution in [0.3, 0.4) is 0 Å². The van der Waals surface area contributed by atoms with Crippen LogP contribution in [0.25, 0.3) is 0 Å². The number of aryl methyl sites for hydroxylation is 2. The third kappa shape index (κ3) is 4.21. The zero-order chi connectivity index (χ0) is 14.5. The van der Waals surface area contributed by atoms with E-state index < -0.39 is 0 Å². The van der Waals surface area contributed by atoms with Gasteiger partial charge < -0.3 is 14.8 Å². The fourth-order valence-electron chi connectivity index (χ4n) is 2.35. The van der Waals surface area contributed by atoms with Gasteiger partial charge in [0.25, 0.3) is 5.91 Å². The molecule has 0 bridgehead atoms. The van der Waals surface area contributed by atoms with Crippen molar-refractivity contribution in [1.82, 2.24) is 5.32 Å². The van der Waals surface area contributed by atoms with E-state index in [-0.39, 0.29) is 18.6 Å². The van der Waals surface area contributed by atoms with Crippen molar-refractivity contribution >= 4 is 21.8 Å². The molecule has 1 saturated heterocycles. The number of hydrogen-bond acceptors (Lipinski definition) is 3. The normalized spacial score (nSPS) is 18.1. The highest BCUT2D eigenvalue weighted by Crippen LogP contribution is 2.27. The summed E-state index contributed by atoms with van der Waals surface area (Å²) in [4.78, 5) is 11.8. The molecule has 0 unspecified atom stereocenters. The molecular weight excluding hydrogens is 322 g/mol. The van der Waals surface area contributed by atoms with Crippen LogP contribution < -0.4 is 10.1 Å². The smallest absolute Gasteiger partial charge is 0.258 e. The molecule has 1 atom stereocenters. The van der Waals surface area contributed by atoms with Gasteiger partial charge in [-0.15, -0.1) is 0 Å². The van der Waals surface area contributed by atoms with Crippen LogP contribution in [-0.4, -0.2) is 31.8 Å². The van der Waals surface area contributed by atoms with Crippen LogP contribution in [0.2, 0.25) is 0 Å². The van der Waals surface area contributed by atoms with Gasteiger partial charge in [0.1, 0.15) is 5.75 Å². The lowest BCUT2D eigenvalue weighted by molar-refractivity contribution is -0.123. The van der Waals surface area contributed by atoms with Crippen molar-refractivity contribution in [2.75, 3.05) is 19.8 Å². The number of hydrogen-bond donors (Lipinski definition) is 1. The average Bonchev–Trinajstić information content (AvgIpc) is 2.88. The van der Waals surface area contributed by atoms with Gasteiger partial charge in [-0.3, -0.25) is 4.79 Å². The van der Waals surface area contributed by atoms with Crippen molar-refractivity contribution < 1.29 is 14.3 Å². The Labute approximate surface area is 128 Å². The van der Waals surface area contributed by atoms with E-state index in [9.17, 15) is 4.79 Å². The number of carbonyl (C=O) groups excluding carboxylic acids is 1. The first-order valence-corrected chi connectivity index (χ1v) is 7.63. The first-order valence-electron chi connectivity index (χ1n) is 6.84. The number of ether oxygens (including phenoxy) is 2. The summed E-state index contributed by atoms with van der Waals surface area (Å²) in [6, 6.07) is 3.96. The van der Waals surface area contributed by atoms with Gasteiger partial charge in [-0.1, -0.05) is 15.9 Å². The zero-order valence-electron chi connectivity index (χ0n) is 11.9. The number of halogens is 1. The second-order valence-corrected chi connectivity index (χ2v) is 6.01. The summed E-state index contributed by atoms with van der Waals surface area (Å²) >= 11 is 3.44. The van der Waals surface area contributed by atoms with Crippen LogP contribution in [-0.2, 0) is 9.53 Å². The van der Waals surface area contributed by atoms with Crippen LogP contribution >= 0.6 is 15.9 Å². The molecule has 20 heavy (non-hydrogen) atoms. The molecule has 1 amide bonds. The van der Waals surface area contributed by atoms with Crippen LogP contribution in [0.5, 0.6) is 5.75 Å². The fraction of sp³-hybridized carbons (Fsp3) is 0.533. The summed E-state index contributed by atoms with van der Waals surface area (Å²) in [5.41, 5.74) is 2.03. The molecule has 0 radical (unpaired) electrons. The molecule has 5 heteroatoms. The molecule has 2 rings (SSSR count). The molecule has 1 aromatic rings. The van der Waals surface area contributed by atoms with E-state index in [4.69, 9.17) is 9.47 Å². The average molecular weight is 342 g/mol. The highest BCUT2D eigenvalue weighted by molar-refractivity contribution is 9.10. The van der Waals surface area contributed by atoms with Crippen LogP contribution in [0.15, 0.2) is 16.6 Å². The Balaban J connectivity index is 1.81. The summed E-state index contributed by atoms with van der Waals surface area (Å²) in [6.45, 7) is 5.35. The molecule has 1 aliphatic heterocycles. The maximum absolute atomic E-state index is 11.8. The minimum atomic E-state index is -0.109. The Morgan fingerprint density at radius 2 is 2.15 bits per heavy atom. The molecule has 4 nitrogen and oxygen atoms in total. The maximum atomic E-state index is 11.8. The van der Waals surface area contributed by atoms with Crippen molar-refractivity contribution in [1.29, 1.82) is 0 Å². The maximum Gasteiger partial charge on any atom is 0.258 e. The topological polar surface area (TPSA) is 47.6 Å². The van der Waals surface area contributed by atoms with E-state index in [2.05, 4.69) is 21.2 Å². The summed E-state index contributed by atoms with van der Waals surface area (Å²) in [5, 5.41) is 2.85. The molecular formula is C15H20BrNO3. The van der Waals surface area contributed by atoms with Gasteiger partial charge in [0.2, 0.25) is 0 Å². The third-order valence-corrected chi connectivity index (χ3v) is 3.78. The molecule has 1 aliphatic rings. The SMILES string of the molecule is Cc1cc(Br)cc(C)c1OCC(=O)NC[C@H]1CCCO1. The Morgan fingerprint density at radius 3 is 2.75 bits per heavy atom. The molecule has 1 aromatic carbocycles. The lowest BCUT2D eigenvalue weighted by Gasteiger charge is -2.14. The van der Waals surface area contributed by atoms with Gasteiger partial charge in [0.05, 0.1) is 6.10 Å². The number of benzene rings is 1. The summed E-state index contributed by atoms with van der Waals surface area (Å²) in [6.07, 6.45) is 2.26. The quantitative estimate of drug-likeness (QED) is 0.895. The molecule has 1 fully saturated rings. The van der Waals surface area contributed by atoms with E-state index in [1.807, 2.05) is 26.0 Å². The van der Waals surface area contributed by atoms with E-state index in [1.54, 1.807) is 0 Å². The van der Waals surface area contributed by atoms with Gasteiger partial charge in [0, 0.05) is 17.6 Å². The summed E-state index contributed by atoms with van der Waals surface area (Å²) in [5.74, 6) is 0.669. The lowest BCUT2D eigenvalue weighted by atomic mass is 10.1. The van der Waals surface area contributed by atoms with Gasteiger partial charge in [-0.2, -0.15) is 0 Å². The third-order valence-electron chi connectivity index (χ3n) is 3.32. The fourth-order valence-corrected chi connectivity index (χ4v) is 3.03. The van der Waals surface area contributed by atoms with E-state index >= 15 is 0 Å². The largest absolute Gasteiger partial charge is 0.483 e. The number of carbonyl (C=O) groups is 1. The van der Waals surface area contributed by atoms with Gasteiger partial charge >= 0.3 is 0 Å². The molecule has 1 heterocycles. The Kier molecular flexibility index (Phi) is 5.43. The van der Waals surface area contributed by atoms with Crippen molar-refractivity contribution in [2.24, 2.45) is 0 Å². The van der Waals surface area contributed by atoms with Crippen molar-refractivity contribution in [3.63, 3.8) is 0 Å². The number of rotatable bonds is 5. The first-order chi connectivity index (χ1) is 9.56. The van der Waals surface area contributed by atoms with Gasteiger partial charge in [-0.25, -0.2) is 0 Å². The monoisotopic (exact) mass is 341 g/mol. The van der Waals surface area contributed by atoms with Gasteiger partial charge in [-0.05, 0) is 49.9 Å². The van der Waals surface area contributed by atoms with Gasteiger partial charge in [0.15, 0.2) is 6.61 Å². The Hall–Kier alpha value is -1.07. The molecule has 0 saturated carbocycles. The summed E-state index contributed by atoms with van der Waals surface area (Å²) < 4.78 is 12.1. The van der Waals surface area contributed by atoms with Crippen LogP contribution in [0.1, 0.15) is 24.0 Å². The van der Waals surface area contributed by atoms with Crippen LogP contribution in [0, 0.1) is 13.8 Å². The molecule has 0 spiro atoms. The van der Waals surface area contributed by atoms with Crippen molar-refractivity contribution in [3.8, 4) is 5.75 Å². The standard InChI is InChI=1S/C15H20BrNO3/c1-10-6-12(16)7-11(2)15(10)20-9-14(18)17-8-13-4-3-5-19-13/h6-7,13H,3-5,8-9H2,1-2H3,(H,17,18)/t13-/m1/s1. The number of amides is 1. The number of nitrogens with one attached hydrogen (secondary N) is 1. The van der Waals surface area contributed by atoms with E-state index in [1.165, 1.54) is 0 Å². The highest BCUT2D eigenvalue weighted by Gasteiger charge is 2.16. The molecule has 0 aliphatic carbocycles. The second-order valence-electron chi connectivity index (χ2n) is 5.10. The lowest BCUT2D eigenvalue weighted by Crippen LogP contribution is -2.35. The Morgan fingerprint density at radius 1 is 1.45 bits per heavy atom. The second kappa shape index (κ2) is 7.09. The van der Waals surface area contributed by atoms with E-state index in [0.717, 1.165) is 40.8 Å². The first kappa shape index (κ1) is 15.3. The minimum Gasteiger partial charge on any atom is -0.483 e.